The van der Waals surface area contributed by atoms with Crippen LogP contribution in [0, 0.1) is 11.3 Å². The number of carbonyl (C=O) groups is 1. The van der Waals surface area contributed by atoms with Gasteiger partial charge in [-0.15, -0.1) is 24.0 Å². The second-order valence-corrected chi connectivity index (χ2v) is 7.35. The van der Waals surface area contributed by atoms with Crippen molar-refractivity contribution in [1.82, 2.24) is 16.0 Å². The second kappa shape index (κ2) is 12.8. The number of carbonyl (C=O) groups excluding carboxylic acids is 1. The van der Waals surface area contributed by atoms with E-state index in [-0.39, 0.29) is 35.8 Å². The van der Waals surface area contributed by atoms with E-state index >= 15 is 0 Å². The lowest BCUT2D eigenvalue weighted by molar-refractivity contribution is -0.123. The molecule has 0 saturated carbocycles. The normalized spacial score (nSPS) is 13.3. The molecule has 0 aromatic rings. The van der Waals surface area contributed by atoms with Crippen LogP contribution in [-0.4, -0.2) is 37.5 Å². The highest BCUT2D eigenvalue weighted by atomic mass is 127. The van der Waals surface area contributed by atoms with Gasteiger partial charge in [-0.05, 0) is 32.1 Å². The molecule has 0 spiro atoms. The van der Waals surface area contributed by atoms with Gasteiger partial charge in [0.25, 0.3) is 0 Å². The lowest BCUT2D eigenvalue weighted by atomic mass is 9.89. The van der Waals surface area contributed by atoms with Crippen LogP contribution >= 0.6 is 24.0 Å². The van der Waals surface area contributed by atoms with Gasteiger partial charge < -0.3 is 16.0 Å². The van der Waals surface area contributed by atoms with Crippen molar-refractivity contribution in [3.05, 3.63) is 0 Å². The number of hydrogen-bond donors (Lipinski definition) is 3. The molecule has 5 nitrogen and oxygen atoms in total. The smallest absolute Gasteiger partial charge is 0.222 e. The Balaban J connectivity index is 0. The molecule has 0 rings (SSSR count). The summed E-state index contributed by atoms with van der Waals surface area (Å²) in [4.78, 5) is 16.0. The summed E-state index contributed by atoms with van der Waals surface area (Å²) >= 11 is 0. The molecule has 0 aliphatic rings. The van der Waals surface area contributed by atoms with Crippen LogP contribution in [-0.2, 0) is 4.79 Å². The van der Waals surface area contributed by atoms with E-state index in [1.807, 2.05) is 13.8 Å². The van der Waals surface area contributed by atoms with Crippen LogP contribution in [0.1, 0.15) is 61.3 Å². The number of nitrogens with one attached hydrogen (secondary N) is 3. The zero-order chi connectivity index (χ0) is 17.2. The second-order valence-electron chi connectivity index (χ2n) is 7.35. The van der Waals surface area contributed by atoms with Crippen LogP contribution in [0.2, 0.25) is 0 Å². The van der Waals surface area contributed by atoms with Crippen LogP contribution < -0.4 is 16.0 Å². The minimum absolute atomic E-state index is 0. The maximum atomic E-state index is 11.5. The van der Waals surface area contributed by atoms with E-state index in [0.29, 0.717) is 24.5 Å². The Kier molecular flexibility index (Phi) is 13.8. The maximum Gasteiger partial charge on any atom is 0.222 e. The third kappa shape index (κ3) is 14.8. The quantitative estimate of drug-likeness (QED) is 0.235. The lowest BCUT2D eigenvalue weighted by Crippen LogP contribution is -2.43. The van der Waals surface area contributed by atoms with E-state index in [2.05, 4.69) is 55.6 Å². The number of hydrogen-bond acceptors (Lipinski definition) is 2. The van der Waals surface area contributed by atoms with E-state index in [1.54, 1.807) is 0 Å². The van der Waals surface area contributed by atoms with Gasteiger partial charge in [-0.1, -0.05) is 34.6 Å². The molecule has 6 heteroatoms. The first-order chi connectivity index (χ1) is 10.2. The van der Waals surface area contributed by atoms with Crippen molar-refractivity contribution in [2.45, 2.75) is 67.3 Å². The zero-order valence-electron chi connectivity index (χ0n) is 16.0. The first-order valence-corrected chi connectivity index (χ1v) is 8.48. The summed E-state index contributed by atoms with van der Waals surface area (Å²) < 4.78 is 0. The molecule has 1 unspecified atom stereocenters. The Morgan fingerprint density at radius 1 is 1.13 bits per heavy atom. The molecule has 0 aromatic carbocycles. The molecular formula is C17H37IN4O. The molecule has 0 bridgehead atoms. The topological polar surface area (TPSA) is 65.5 Å². The van der Waals surface area contributed by atoms with Gasteiger partial charge in [-0.3, -0.25) is 9.79 Å². The number of rotatable bonds is 8. The predicted molar refractivity (Wildman–Crippen MR) is 111 cm³/mol. The molecule has 0 fully saturated rings. The molecule has 0 saturated heterocycles. The Morgan fingerprint density at radius 2 is 1.74 bits per heavy atom. The van der Waals surface area contributed by atoms with Crippen molar-refractivity contribution in [3.63, 3.8) is 0 Å². The molecule has 0 aromatic heterocycles. The highest BCUT2D eigenvalue weighted by molar-refractivity contribution is 14.0. The van der Waals surface area contributed by atoms with Crippen molar-refractivity contribution in [3.8, 4) is 0 Å². The Bertz CT molecular complexity index is 351. The summed E-state index contributed by atoms with van der Waals surface area (Å²) in [5.41, 5.74) is 0.354. The third-order valence-corrected chi connectivity index (χ3v) is 3.26. The number of amides is 1. The van der Waals surface area contributed by atoms with Crippen molar-refractivity contribution in [2.75, 3.05) is 19.6 Å². The average Bonchev–Trinajstić information content (AvgIpc) is 2.40. The van der Waals surface area contributed by atoms with Crippen LogP contribution in [0.5, 0.6) is 0 Å². The molecule has 138 valence electrons. The Hall–Kier alpha value is -0.530. The maximum absolute atomic E-state index is 11.5. The summed E-state index contributed by atoms with van der Waals surface area (Å²) in [6, 6.07) is 0.377. The zero-order valence-corrected chi connectivity index (χ0v) is 18.3. The third-order valence-electron chi connectivity index (χ3n) is 3.26. The summed E-state index contributed by atoms with van der Waals surface area (Å²) in [5, 5.41) is 9.55. The van der Waals surface area contributed by atoms with Crippen molar-refractivity contribution < 1.29 is 4.79 Å². The van der Waals surface area contributed by atoms with Gasteiger partial charge in [0.05, 0.1) is 6.54 Å². The van der Waals surface area contributed by atoms with Crippen molar-refractivity contribution in [1.29, 1.82) is 0 Å². The van der Waals surface area contributed by atoms with E-state index < -0.39 is 0 Å². The number of nitrogens with zero attached hydrogens (tertiary/aromatic N) is 1. The molecule has 1 atom stereocenters. The van der Waals surface area contributed by atoms with Gasteiger partial charge in [0.15, 0.2) is 5.96 Å². The number of guanidine groups is 1. The molecule has 0 aliphatic heterocycles. The SMILES string of the molecule is CCNC(=NCCNC(=O)C(C)C)NC(C)CCC(C)(C)C.I. The summed E-state index contributed by atoms with van der Waals surface area (Å²) in [6.45, 7) is 16.8. The van der Waals surface area contributed by atoms with Gasteiger partial charge in [0.1, 0.15) is 0 Å². The molecule has 1 amide bonds. The average molecular weight is 440 g/mol. The fourth-order valence-corrected chi connectivity index (χ4v) is 1.83. The fraction of sp³-hybridized carbons (Fsp3) is 0.882. The fourth-order valence-electron chi connectivity index (χ4n) is 1.83. The first kappa shape index (κ1) is 24.7. The van der Waals surface area contributed by atoms with Crippen LogP contribution in [0.15, 0.2) is 4.99 Å². The van der Waals surface area contributed by atoms with Crippen molar-refractivity contribution in [2.24, 2.45) is 16.3 Å². The van der Waals surface area contributed by atoms with Crippen LogP contribution in [0.3, 0.4) is 0 Å². The molecule has 0 heterocycles. The first-order valence-electron chi connectivity index (χ1n) is 8.48. The molecule has 3 N–H and O–H groups in total. The summed E-state index contributed by atoms with van der Waals surface area (Å²) in [5.74, 6) is 0.919. The van der Waals surface area contributed by atoms with E-state index in [0.717, 1.165) is 18.9 Å². The van der Waals surface area contributed by atoms with Gasteiger partial charge >= 0.3 is 0 Å². The molecular weight excluding hydrogens is 403 g/mol. The summed E-state index contributed by atoms with van der Waals surface area (Å²) in [6.07, 6.45) is 2.28. The standard InChI is InChI=1S/C17H36N4O.HI/c1-8-18-16(20-12-11-19-15(22)13(2)3)21-14(4)9-10-17(5,6)7;/h13-14H,8-12H2,1-7H3,(H,19,22)(H2,18,20,21);1H. The van der Waals surface area contributed by atoms with Gasteiger partial charge in [0.2, 0.25) is 5.91 Å². The minimum Gasteiger partial charge on any atom is -0.357 e. The lowest BCUT2D eigenvalue weighted by Gasteiger charge is -2.23. The van der Waals surface area contributed by atoms with Crippen LogP contribution in [0.4, 0.5) is 0 Å². The molecule has 23 heavy (non-hydrogen) atoms. The van der Waals surface area contributed by atoms with Gasteiger partial charge in [-0.2, -0.15) is 0 Å². The van der Waals surface area contributed by atoms with Gasteiger partial charge in [0, 0.05) is 25.0 Å². The predicted octanol–water partition coefficient (Wildman–Crippen LogP) is 3.15. The Labute approximate surface area is 159 Å². The largest absolute Gasteiger partial charge is 0.357 e. The molecule has 0 radical (unpaired) electrons. The molecule has 0 aliphatic carbocycles. The van der Waals surface area contributed by atoms with Crippen LogP contribution in [0.25, 0.3) is 0 Å². The van der Waals surface area contributed by atoms with Gasteiger partial charge in [-0.25, -0.2) is 0 Å². The highest BCUT2D eigenvalue weighted by Crippen LogP contribution is 2.21. The number of aliphatic imine (C=N–C) groups is 1. The summed E-state index contributed by atoms with van der Waals surface area (Å²) in [7, 11) is 0. The monoisotopic (exact) mass is 440 g/mol. The number of halogens is 1. The van der Waals surface area contributed by atoms with E-state index in [4.69, 9.17) is 0 Å². The highest BCUT2D eigenvalue weighted by Gasteiger charge is 2.13. The van der Waals surface area contributed by atoms with E-state index in [9.17, 15) is 4.79 Å². The Morgan fingerprint density at radius 3 is 2.22 bits per heavy atom. The van der Waals surface area contributed by atoms with Crippen molar-refractivity contribution >= 4 is 35.8 Å². The minimum atomic E-state index is 0. The van der Waals surface area contributed by atoms with E-state index in [1.165, 1.54) is 6.42 Å².